The standard InChI is InChI=1S/C13H28N2S/c1-7-13(5)10-15(11(2)8-14-13)9-12(3,4)16-6/h11,14H,7-10H2,1-6H3. The molecule has 0 amide bonds. The van der Waals surface area contributed by atoms with E-state index in [1.54, 1.807) is 0 Å². The van der Waals surface area contributed by atoms with Crippen LogP contribution in [0, 0.1) is 0 Å². The maximum Gasteiger partial charge on any atom is 0.0278 e. The molecule has 0 bridgehead atoms. The van der Waals surface area contributed by atoms with E-state index < -0.39 is 0 Å². The first-order valence-corrected chi connectivity index (χ1v) is 7.58. The SMILES string of the molecule is CCC1(C)CN(CC(C)(C)SC)C(C)CN1. The van der Waals surface area contributed by atoms with Crippen LogP contribution in [0.3, 0.4) is 0 Å². The van der Waals surface area contributed by atoms with Gasteiger partial charge < -0.3 is 5.32 Å². The van der Waals surface area contributed by atoms with Crippen molar-refractivity contribution in [3.05, 3.63) is 0 Å². The molecule has 1 heterocycles. The van der Waals surface area contributed by atoms with Gasteiger partial charge >= 0.3 is 0 Å². The van der Waals surface area contributed by atoms with Crippen molar-refractivity contribution in [2.24, 2.45) is 0 Å². The van der Waals surface area contributed by atoms with E-state index in [2.05, 4.69) is 51.1 Å². The van der Waals surface area contributed by atoms with Gasteiger partial charge in [-0.15, -0.1) is 0 Å². The summed E-state index contributed by atoms with van der Waals surface area (Å²) in [6, 6.07) is 0.658. The number of nitrogens with one attached hydrogen (secondary N) is 1. The monoisotopic (exact) mass is 244 g/mol. The molecule has 0 saturated carbocycles. The normalized spacial score (nSPS) is 33.0. The van der Waals surface area contributed by atoms with E-state index >= 15 is 0 Å². The van der Waals surface area contributed by atoms with Gasteiger partial charge in [-0.3, -0.25) is 4.90 Å². The van der Waals surface area contributed by atoms with Crippen LogP contribution in [0.5, 0.6) is 0 Å². The zero-order valence-corrected chi connectivity index (χ0v) is 12.6. The summed E-state index contributed by atoms with van der Waals surface area (Å²) in [6.45, 7) is 15.1. The number of hydrogen-bond acceptors (Lipinski definition) is 3. The summed E-state index contributed by atoms with van der Waals surface area (Å²) in [5.74, 6) is 0. The summed E-state index contributed by atoms with van der Waals surface area (Å²) in [7, 11) is 0. The van der Waals surface area contributed by atoms with Crippen molar-refractivity contribution >= 4 is 11.8 Å². The molecule has 1 aliphatic heterocycles. The molecule has 1 fully saturated rings. The molecule has 0 aromatic heterocycles. The van der Waals surface area contributed by atoms with Crippen molar-refractivity contribution in [2.45, 2.75) is 57.4 Å². The Morgan fingerprint density at radius 1 is 1.50 bits per heavy atom. The quantitative estimate of drug-likeness (QED) is 0.818. The van der Waals surface area contributed by atoms with Gasteiger partial charge in [0.2, 0.25) is 0 Å². The van der Waals surface area contributed by atoms with E-state index in [1.807, 2.05) is 11.8 Å². The first-order chi connectivity index (χ1) is 7.32. The van der Waals surface area contributed by atoms with Gasteiger partial charge in [0, 0.05) is 36.0 Å². The van der Waals surface area contributed by atoms with Crippen LogP contribution in [-0.4, -0.2) is 47.1 Å². The number of rotatable bonds is 4. The van der Waals surface area contributed by atoms with Crippen LogP contribution >= 0.6 is 11.8 Å². The Kier molecular flexibility index (Phi) is 4.73. The van der Waals surface area contributed by atoms with Gasteiger partial charge in [-0.25, -0.2) is 0 Å². The highest BCUT2D eigenvalue weighted by atomic mass is 32.2. The van der Waals surface area contributed by atoms with Gasteiger partial charge in [0.05, 0.1) is 0 Å². The van der Waals surface area contributed by atoms with Crippen LogP contribution in [0.2, 0.25) is 0 Å². The van der Waals surface area contributed by atoms with Gasteiger partial charge in [0.25, 0.3) is 0 Å². The van der Waals surface area contributed by atoms with E-state index in [-0.39, 0.29) is 0 Å². The molecule has 2 unspecified atom stereocenters. The minimum Gasteiger partial charge on any atom is -0.309 e. The summed E-state index contributed by atoms with van der Waals surface area (Å²) in [4.78, 5) is 2.65. The van der Waals surface area contributed by atoms with Gasteiger partial charge in [-0.1, -0.05) is 6.92 Å². The third-order valence-corrected chi connectivity index (χ3v) is 5.15. The van der Waals surface area contributed by atoms with E-state index in [0.717, 1.165) is 6.54 Å². The second-order valence-electron chi connectivity index (χ2n) is 6.01. The van der Waals surface area contributed by atoms with Gasteiger partial charge in [-0.05, 0) is 40.4 Å². The summed E-state index contributed by atoms with van der Waals surface area (Å²) < 4.78 is 0.361. The van der Waals surface area contributed by atoms with Crippen molar-refractivity contribution in [1.29, 1.82) is 0 Å². The highest BCUT2D eigenvalue weighted by Gasteiger charge is 2.34. The van der Waals surface area contributed by atoms with E-state index in [4.69, 9.17) is 0 Å². The number of hydrogen-bond donors (Lipinski definition) is 1. The average molecular weight is 244 g/mol. The highest BCUT2D eigenvalue weighted by molar-refractivity contribution is 7.99. The number of thioether (sulfide) groups is 1. The largest absolute Gasteiger partial charge is 0.309 e. The zero-order valence-electron chi connectivity index (χ0n) is 11.8. The second-order valence-corrected chi connectivity index (χ2v) is 7.53. The first-order valence-electron chi connectivity index (χ1n) is 6.36. The smallest absolute Gasteiger partial charge is 0.0278 e. The molecule has 1 rings (SSSR count). The molecular weight excluding hydrogens is 216 g/mol. The molecule has 0 aromatic rings. The van der Waals surface area contributed by atoms with Crippen LogP contribution in [-0.2, 0) is 0 Å². The van der Waals surface area contributed by atoms with Crippen molar-refractivity contribution in [2.75, 3.05) is 25.9 Å². The Hall–Kier alpha value is 0.270. The van der Waals surface area contributed by atoms with Gasteiger partial charge in [0.15, 0.2) is 0 Å². The summed E-state index contributed by atoms with van der Waals surface area (Å²) >= 11 is 1.97. The third-order valence-electron chi connectivity index (χ3n) is 3.92. The summed E-state index contributed by atoms with van der Waals surface area (Å²) in [5.41, 5.74) is 0.307. The lowest BCUT2D eigenvalue weighted by Gasteiger charge is -2.47. The van der Waals surface area contributed by atoms with E-state index in [9.17, 15) is 0 Å². The predicted octanol–water partition coefficient (Wildman–Crippen LogP) is 2.59. The lowest BCUT2D eigenvalue weighted by Crippen LogP contribution is -2.63. The Morgan fingerprint density at radius 2 is 2.12 bits per heavy atom. The second kappa shape index (κ2) is 5.28. The molecule has 3 heteroatoms. The van der Waals surface area contributed by atoms with E-state index in [1.165, 1.54) is 19.5 Å². The minimum atomic E-state index is 0.307. The lowest BCUT2D eigenvalue weighted by atomic mass is 9.93. The minimum absolute atomic E-state index is 0.307. The third kappa shape index (κ3) is 3.64. The number of nitrogens with zero attached hydrogens (tertiary/aromatic N) is 1. The Bertz CT molecular complexity index is 228. The highest BCUT2D eigenvalue weighted by Crippen LogP contribution is 2.26. The van der Waals surface area contributed by atoms with Crippen LogP contribution in [0.4, 0.5) is 0 Å². The molecule has 16 heavy (non-hydrogen) atoms. The average Bonchev–Trinajstić information content (AvgIpc) is 2.23. The maximum atomic E-state index is 3.68. The van der Waals surface area contributed by atoms with Crippen LogP contribution in [0.15, 0.2) is 0 Å². The van der Waals surface area contributed by atoms with Gasteiger partial charge in [0.1, 0.15) is 0 Å². The summed E-state index contributed by atoms with van der Waals surface area (Å²) in [5, 5.41) is 3.68. The van der Waals surface area contributed by atoms with Gasteiger partial charge in [-0.2, -0.15) is 11.8 Å². The van der Waals surface area contributed by atoms with Crippen LogP contribution < -0.4 is 5.32 Å². The van der Waals surface area contributed by atoms with Crippen LogP contribution in [0.25, 0.3) is 0 Å². The molecule has 0 aromatic carbocycles. The van der Waals surface area contributed by atoms with Crippen molar-refractivity contribution < 1.29 is 0 Å². The molecule has 96 valence electrons. The molecule has 2 nitrogen and oxygen atoms in total. The van der Waals surface area contributed by atoms with Crippen molar-refractivity contribution in [3.63, 3.8) is 0 Å². The topological polar surface area (TPSA) is 15.3 Å². The maximum absolute atomic E-state index is 3.68. The zero-order chi connectivity index (χ0) is 12.4. The van der Waals surface area contributed by atoms with Crippen molar-refractivity contribution in [3.8, 4) is 0 Å². The molecule has 1 N–H and O–H groups in total. The predicted molar refractivity (Wildman–Crippen MR) is 75.3 cm³/mol. The molecule has 1 saturated heterocycles. The van der Waals surface area contributed by atoms with Crippen LogP contribution in [0.1, 0.15) is 41.0 Å². The Morgan fingerprint density at radius 3 is 2.62 bits per heavy atom. The molecule has 0 radical (unpaired) electrons. The Labute approximate surface area is 106 Å². The fourth-order valence-corrected chi connectivity index (χ4v) is 2.48. The molecule has 0 spiro atoms. The molecule has 0 aliphatic carbocycles. The summed E-state index contributed by atoms with van der Waals surface area (Å²) in [6.07, 6.45) is 3.42. The first kappa shape index (κ1) is 14.3. The number of piperazine rings is 1. The fourth-order valence-electron chi connectivity index (χ4n) is 2.19. The van der Waals surface area contributed by atoms with E-state index in [0.29, 0.717) is 16.3 Å². The molecular formula is C13H28N2S. The fraction of sp³-hybridized carbons (Fsp3) is 1.00. The molecule has 1 aliphatic rings. The lowest BCUT2D eigenvalue weighted by molar-refractivity contribution is 0.0869. The Balaban J connectivity index is 2.63. The van der Waals surface area contributed by atoms with Crippen molar-refractivity contribution in [1.82, 2.24) is 10.2 Å². The molecule has 2 atom stereocenters.